The van der Waals surface area contributed by atoms with E-state index in [1.165, 1.54) is 0 Å². The topological polar surface area (TPSA) is 62.7 Å². The van der Waals surface area contributed by atoms with Crippen LogP contribution in [0.3, 0.4) is 0 Å². The SMILES string of the molecule is COc1c(Br)cc(/C=N/NC(=O)CNc2cccc(C)c2)cc1Br. The quantitative estimate of drug-likeness (QED) is 0.510. The summed E-state index contributed by atoms with van der Waals surface area (Å²) in [4.78, 5) is 11.8. The summed E-state index contributed by atoms with van der Waals surface area (Å²) in [5.41, 5.74) is 5.34. The number of nitrogens with zero attached hydrogens (tertiary/aromatic N) is 1. The lowest BCUT2D eigenvalue weighted by molar-refractivity contribution is -0.119. The molecular formula is C17H17Br2N3O2. The number of methoxy groups -OCH3 is 1. The highest BCUT2D eigenvalue weighted by molar-refractivity contribution is 9.11. The molecule has 1 amide bonds. The van der Waals surface area contributed by atoms with Gasteiger partial charge in [0.2, 0.25) is 0 Å². The fourth-order valence-corrected chi connectivity index (χ4v) is 3.55. The van der Waals surface area contributed by atoms with E-state index in [1.807, 2.05) is 43.3 Å². The highest BCUT2D eigenvalue weighted by Crippen LogP contribution is 2.33. The zero-order valence-corrected chi connectivity index (χ0v) is 16.4. The molecule has 0 spiro atoms. The summed E-state index contributed by atoms with van der Waals surface area (Å²) in [6.45, 7) is 2.15. The molecule has 0 heterocycles. The lowest BCUT2D eigenvalue weighted by Crippen LogP contribution is -2.25. The molecule has 0 aliphatic heterocycles. The number of halogens is 2. The molecule has 0 saturated carbocycles. The number of rotatable bonds is 6. The number of ether oxygens (including phenoxy) is 1. The van der Waals surface area contributed by atoms with E-state index in [0.29, 0.717) is 5.75 Å². The van der Waals surface area contributed by atoms with E-state index >= 15 is 0 Å². The van der Waals surface area contributed by atoms with Crippen LogP contribution in [-0.4, -0.2) is 25.8 Å². The summed E-state index contributed by atoms with van der Waals surface area (Å²) in [5, 5.41) is 7.01. The molecule has 0 atom stereocenters. The van der Waals surface area contributed by atoms with Gasteiger partial charge in [0.1, 0.15) is 5.75 Å². The summed E-state index contributed by atoms with van der Waals surface area (Å²) in [6, 6.07) is 11.5. The zero-order chi connectivity index (χ0) is 17.5. The summed E-state index contributed by atoms with van der Waals surface area (Å²) < 4.78 is 6.84. The van der Waals surface area contributed by atoms with Crippen molar-refractivity contribution in [1.82, 2.24) is 5.43 Å². The number of anilines is 1. The van der Waals surface area contributed by atoms with E-state index in [4.69, 9.17) is 4.74 Å². The van der Waals surface area contributed by atoms with Gasteiger partial charge in [-0.3, -0.25) is 4.79 Å². The Morgan fingerprint density at radius 2 is 1.96 bits per heavy atom. The van der Waals surface area contributed by atoms with Crippen LogP contribution >= 0.6 is 31.9 Å². The number of hydrazone groups is 1. The minimum Gasteiger partial charge on any atom is -0.494 e. The van der Waals surface area contributed by atoms with E-state index in [-0.39, 0.29) is 12.5 Å². The monoisotopic (exact) mass is 453 g/mol. The molecular weight excluding hydrogens is 438 g/mol. The van der Waals surface area contributed by atoms with Gasteiger partial charge in [-0.15, -0.1) is 0 Å². The lowest BCUT2D eigenvalue weighted by atomic mass is 10.2. The number of amides is 1. The third kappa shape index (κ3) is 5.35. The average molecular weight is 455 g/mol. The first-order valence-electron chi connectivity index (χ1n) is 7.15. The first kappa shape index (κ1) is 18.5. The normalized spacial score (nSPS) is 10.7. The molecule has 126 valence electrons. The van der Waals surface area contributed by atoms with Gasteiger partial charge in [0, 0.05) is 5.69 Å². The van der Waals surface area contributed by atoms with Gasteiger partial charge in [-0.2, -0.15) is 5.10 Å². The number of carbonyl (C=O) groups is 1. The number of hydrogen-bond acceptors (Lipinski definition) is 4. The van der Waals surface area contributed by atoms with Crippen molar-refractivity contribution in [2.45, 2.75) is 6.92 Å². The zero-order valence-electron chi connectivity index (χ0n) is 13.3. The molecule has 0 radical (unpaired) electrons. The molecule has 2 N–H and O–H groups in total. The average Bonchev–Trinajstić information content (AvgIpc) is 2.53. The fraction of sp³-hybridized carbons (Fsp3) is 0.176. The van der Waals surface area contributed by atoms with E-state index in [0.717, 1.165) is 25.8 Å². The summed E-state index contributed by atoms with van der Waals surface area (Å²) in [7, 11) is 1.60. The Kier molecular flexibility index (Phi) is 6.81. The highest BCUT2D eigenvalue weighted by Gasteiger charge is 2.06. The summed E-state index contributed by atoms with van der Waals surface area (Å²) in [6.07, 6.45) is 1.57. The van der Waals surface area contributed by atoms with Gasteiger partial charge in [-0.05, 0) is 74.2 Å². The molecule has 0 fully saturated rings. The molecule has 2 aromatic carbocycles. The third-order valence-electron chi connectivity index (χ3n) is 3.10. The van der Waals surface area contributed by atoms with Gasteiger partial charge in [0.15, 0.2) is 0 Å². The maximum atomic E-state index is 11.8. The van der Waals surface area contributed by atoms with Crippen LogP contribution in [0.25, 0.3) is 0 Å². The van der Waals surface area contributed by atoms with Crippen LogP contribution in [0.2, 0.25) is 0 Å². The minimum atomic E-state index is -0.223. The molecule has 2 aromatic rings. The van der Waals surface area contributed by atoms with Gasteiger partial charge < -0.3 is 10.1 Å². The van der Waals surface area contributed by atoms with Crippen molar-refractivity contribution in [2.75, 3.05) is 19.0 Å². The summed E-state index contributed by atoms with van der Waals surface area (Å²) >= 11 is 6.84. The molecule has 24 heavy (non-hydrogen) atoms. The predicted molar refractivity (Wildman–Crippen MR) is 104 cm³/mol. The van der Waals surface area contributed by atoms with Crippen LogP contribution < -0.4 is 15.5 Å². The number of carbonyl (C=O) groups excluding carboxylic acids is 1. The summed E-state index contributed by atoms with van der Waals surface area (Å²) in [5.74, 6) is 0.484. The Morgan fingerprint density at radius 1 is 1.25 bits per heavy atom. The molecule has 7 heteroatoms. The molecule has 5 nitrogen and oxygen atoms in total. The molecule has 0 aliphatic rings. The van der Waals surface area contributed by atoms with Crippen LogP contribution in [0.4, 0.5) is 5.69 Å². The second kappa shape index (κ2) is 8.84. The number of aryl methyl sites for hydroxylation is 1. The second-order valence-electron chi connectivity index (χ2n) is 5.03. The molecule has 0 saturated heterocycles. The van der Waals surface area contributed by atoms with E-state index in [1.54, 1.807) is 13.3 Å². The highest BCUT2D eigenvalue weighted by atomic mass is 79.9. The maximum absolute atomic E-state index is 11.8. The Bertz CT molecular complexity index is 740. The van der Waals surface area contributed by atoms with Crippen LogP contribution in [0.5, 0.6) is 5.75 Å². The smallest absolute Gasteiger partial charge is 0.259 e. The largest absolute Gasteiger partial charge is 0.494 e. The van der Waals surface area contributed by atoms with Gasteiger partial charge in [0.05, 0.1) is 28.8 Å². The van der Waals surface area contributed by atoms with E-state index < -0.39 is 0 Å². The first-order valence-corrected chi connectivity index (χ1v) is 8.73. The predicted octanol–water partition coefficient (Wildman–Crippen LogP) is 4.09. The van der Waals surface area contributed by atoms with Crippen molar-refractivity contribution >= 4 is 49.7 Å². The molecule has 0 bridgehead atoms. The second-order valence-corrected chi connectivity index (χ2v) is 6.74. The van der Waals surface area contributed by atoms with Crippen molar-refractivity contribution in [3.8, 4) is 5.75 Å². The Hall–Kier alpha value is -1.86. The van der Waals surface area contributed by atoms with Crippen molar-refractivity contribution in [2.24, 2.45) is 5.10 Å². The van der Waals surface area contributed by atoms with Gasteiger partial charge in [-0.25, -0.2) is 5.43 Å². The standard InChI is InChI=1S/C17H17Br2N3O2/c1-11-4-3-5-13(6-11)20-10-16(23)22-21-9-12-7-14(18)17(24-2)15(19)8-12/h3-9,20H,10H2,1-2H3,(H,22,23)/b21-9+. The number of benzene rings is 2. The maximum Gasteiger partial charge on any atom is 0.259 e. The third-order valence-corrected chi connectivity index (χ3v) is 4.28. The van der Waals surface area contributed by atoms with Crippen molar-refractivity contribution in [1.29, 1.82) is 0 Å². The Labute approximate surface area is 157 Å². The van der Waals surface area contributed by atoms with Gasteiger partial charge in [-0.1, -0.05) is 12.1 Å². The Balaban J connectivity index is 1.88. The van der Waals surface area contributed by atoms with Crippen molar-refractivity contribution in [3.05, 3.63) is 56.5 Å². The van der Waals surface area contributed by atoms with Crippen LogP contribution in [0.1, 0.15) is 11.1 Å². The molecule has 0 unspecified atom stereocenters. The fourth-order valence-electron chi connectivity index (χ4n) is 2.00. The number of nitrogens with one attached hydrogen (secondary N) is 2. The molecule has 0 aliphatic carbocycles. The van der Waals surface area contributed by atoms with Gasteiger partial charge in [0.25, 0.3) is 5.91 Å². The van der Waals surface area contributed by atoms with E-state index in [9.17, 15) is 4.79 Å². The first-order chi connectivity index (χ1) is 11.5. The van der Waals surface area contributed by atoms with Crippen LogP contribution in [0.15, 0.2) is 50.4 Å². The van der Waals surface area contributed by atoms with Crippen molar-refractivity contribution in [3.63, 3.8) is 0 Å². The molecule has 0 aromatic heterocycles. The Morgan fingerprint density at radius 3 is 2.58 bits per heavy atom. The van der Waals surface area contributed by atoms with Gasteiger partial charge >= 0.3 is 0 Å². The van der Waals surface area contributed by atoms with Crippen molar-refractivity contribution < 1.29 is 9.53 Å². The van der Waals surface area contributed by atoms with E-state index in [2.05, 4.69) is 47.7 Å². The number of hydrogen-bond donors (Lipinski definition) is 2. The lowest BCUT2D eigenvalue weighted by Gasteiger charge is -2.07. The van der Waals surface area contributed by atoms with Crippen LogP contribution in [0, 0.1) is 6.92 Å². The van der Waals surface area contributed by atoms with Crippen LogP contribution in [-0.2, 0) is 4.79 Å². The molecule has 2 rings (SSSR count). The minimum absolute atomic E-state index is 0.150.